The molecule has 0 aliphatic rings. The van der Waals surface area contributed by atoms with Crippen LogP contribution in [-0.4, -0.2) is 43.4 Å². The van der Waals surface area contributed by atoms with E-state index in [1.54, 1.807) is 43.8 Å². The van der Waals surface area contributed by atoms with Gasteiger partial charge in [0.1, 0.15) is 16.5 Å². The fraction of sp³-hybridized carbons (Fsp3) is 0.474. The summed E-state index contributed by atoms with van der Waals surface area (Å²) in [6.45, 7) is 5.65. The summed E-state index contributed by atoms with van der Waals surface area (Å²) in [7, 11) is 3.17. The van der Waals surface area contributed by atoms with Gasteiger partial charge in [-0.1, -0.05) is 6.92 Å². The summed E-state index contributed by atoms with van der Waals surface area (Å²) in [5.74, 6) is 1.92. The molecule has 2 rings (SSSR count). The molecule has 148 valence electrons. The molecule has 0 saturated carbocycles. The molecule has 0 aliphatic heterocycles. The quantitative estimate of drug-likeness (QED) is 0.449. The number of hydrogen-bond acceptors (Lipinski definition) is 6. The average Bonchev–Trinajstić information content (AvgIpc) is 3.17. The number of aliphatic hydroxyl groups is 1. The highest BCUT2D eigenvalue weighted by Crippen LogP contribution is 2.26. The van der Waals surface area contributed by atoms with Gasteiger partial charge in [-0.2, -0.15) is 0 Å². The Morgan fingerprint density at radius 3 is 2.44 bits per heavy atom. The van der Waals surface area contributed by atoms with Crippen LogP contribution in [0.4, 0.5) is 0 Å². The lowest BCUT2D eigenvalue weighted by molar-refractivity contribution is 0.180. The van der Waals surface area contributed by atoms with Crippen LogP contribution in [0.5, 0.6) is 11.5 Å². The number of aromatic nitrogens is 1. The van der Waals surface area contributed by atoms with Gasteiger partial charge in [0, 0.05) is 30.2 Å². The van der Waals surface area contributed by atoms with Gasteiger partial charge in [0.25, 0.3) is 0 Å². The van der Waals surface area contributed by atoms with Crippen molar-refractivity contribution >= 4 is 17.3 Å². The van der Waals surface area contributed by atoms with E-state index in [1.807, 2.05) is 13.1 Å². The van der Waals surface area contributed by atoms with E-state index >= 15 is 0 Å². The lowest BCUT2D eigenvalue weighted by Crippen LogP contribution is -2.39. The summed E-state index contributed by atoms with van der Waals surface area (Å²) in [5, 5.41) is 17.9. The molecule has 7 nitrogen and oxygen atoms in total. The average molecular weight is 393 g/mol. The Morgan fingerprint density at radius 1 is 1.19 bits per heavy atom. The standard InChI is InChI=1S/C19H28N4O3S/c1-5-16-10-21-18(27-16)12-23-19(20-6-2)22-11-17(24)13-7-14(25-3)9-15(8-13)26-4/h7-10,17,24H,5-6,11-12H2,1-4H3,(H2,20,22,23). The fourth-order valence-electron chi connectivity index (χ4n) is 2.41. The van der Waals surface area contributed by atoms with Gasteiger partial charge in [-0.15, -0.1) is 11.3 Å². The summed E-state index contributed by atoms with van der Waals surface area (Å²) in [5.41, 5.74) is 0.710. The number of aliphatic imine (C=N–C) groups is 1. The number of nitrogens with one attached hydrogen (secondary N) is 2. The smallest absolute Gasteiger partial charge is 0.191 e. The number of aryl methyl sites for hydroxylation is 1. The van der Waals surface area contributed by atoms with E-state index in [0.29, 0.717) is 36.1 Å². The van der Waals surface area contributed by atoms with Crippen LogP contribution in [0, 0.1) is 0 Å². The molecule has 2 aromatic rings. The number of guanidine groups is 1. The van der Waals surface area contributed by atoms with E-state index in [-0.39, 0.29) is 0 Å². The van der Waals surface area contributed by atoms with Gasteiger partial charge in [-0.3, -0.25) is 0 Å². The Kier molecular flexibility index (Phi) is 8.35. The molecule has 0 spiro atoms. The molecule has 27 heavy (non-hydrogen) atoms. The van der Waals surface area contributed by atoms with Gasteiger partial charge in [0.15, 0.2) is 5.96 Å². The van der Waals surface area contributed by atoms with Crippen LogP contribution in [0.3, 0.4) is 0 Å². The first-order valence-electron chi connectivity index (χ1n) is 8.96. The maximum Gasteiger partial charge on any atom is 0.191 e. The minimum absolute atomic E-state index is 0.306. The third kappa shape index (κ3) is 6.41. The number of aliphatic hydroxyl groups excluding tert-OH is 1. The molecule has 0 radical (unpaired) electrons. The number of nitrogens with zero attached hydrogens (tertiary/aromatic N) is 2. The maximum atomic E-state index is 10.5. The SMILES string of the molecule is CCNC(=NCc1ncc(CC)s1)NCC(O)c1cc(OC)cc(OC)c1. The topological polar surface area (TPSA) is 88.0 Å². The summed E-state index contributed by atoms with van der Waals surface area (Å²) in [6, 6.07) is 5.36. The normalized spacial score (nSPS) is 12.6. The first kappa shape index (κ1) is 21.0. The van der Waals surface area contributed by atoms with Gasteiger partial charge >= 0.3 is 0 Å². The van der Waals surface area contributed by atoms with Crippen LogP contribution in [0.1, 0.15) is 35.4 Å². The van der Waals surface area contributed by atoms with E-state index < -0.39 is 6.10 Å². The van der Waals surface area contributed by atoms with Crippen LogP contribution >= 0.6 is 11.3 Å². The predicted molar refractivity (Wildman–Crippen MR) is 109 cm³/mol. The van der Waals surface area contributed by atoms with Crippen molar-refractivity contribution < 1.29 is 14.6 Å². The lowest BCUT2D eigenvalue weighted by atomic mass is 10.1. The van der Waals surface area contributed by atoms with Crippen molar-refractivity contribution in [2.45, 2.75) is 32.9 Å². The van der Waals surface area contributed by atoms with E-state index in [9.17, 15) is 5.11 Å². The maximum absolute atomic E-state index is 10.5. The molecule has 1 aromatic heterocycles. The number of rotatable bonds is 9. The third-order valence-corrected chi connectivity index (χ3v) is 5.01. The molecule has 1 aromatic carbocycles. The minimum Gasteiger partial charge on any atom is -0.497 e. The van der Waals surface area contributed by atoms with Gasteiger partial charge in [-0.25, -0.2) is 9.98 Å². The largest absolute Gasteiger partial charge is 0.497 e. The first-order valence-corrected chi connectivity index (χ1v) is 9.78. The molecule has 1 heterocycles. The Morgan fingerprint density at radius 2 is 1.89 bits per heavy atom. The second-order valence-electron chi connectivity index (χ2n) is 5.81. The van der Waals surface area contributed by atoms with E-state index in [1.165, 1.54) is 4.88 Å². The molecule has 8 heteroatoms. The van der Waals surface area contributed by atoms with Crippen LogP contribution in [0.15, 0.2) is 29.4 Å². The van der Waals surface area contributed by atoms with E-state index in [4.69, 9.17) is 9.47 Å². The third-order valence-electron chi connectivity index (χ3n) is 3.89. The zero-order valence-electron chi connectivity index (χ0n) is 16.3. The van der Waals surface area contributed by atoms with Gasteiger partial charge in [-0.05, 0) is 31.0 Å². The predicted octanol–water partition coefficient (Wildman–Crippen LogP) is 2.51. The van der Waals surface area contributed by atoms with Crippen molar-refractivity contribution in [1.29, 1.82) is 0 Å². The van der Waals surface area contributed by atoms with Crippen LogP contribution in [0.25, 0.3) is 0 Å². The summed E-state index contributed by atoms with van der Waals surface area (Å²) in [4.78, 5) is 10.2. The zero-order chi connectivity index (χ0) is 19.6. The summed E-state index contributed by atoms with van der Waals surface area (Å²) in [6.07, 6.45) is 2.15. The Balaban J connectivity index is 2.00. The molecule has 0 saturated heterocycles. The van der Waals surface area contributed by atoms with Crippen molar-refractivity contribution in [3.05, 3.63) is 39.8 Å². The Labute approximate surface area is 164 Å². The molecule has 0 amide bonds. The first-order chi connectivity index (χ1) is 13.1. The van der Waals surface area contributed by atoms with Crippen LogP contribution < -0.4 is 20.1 Å². The van der Waals surface area contributed by atoms with Gasteiger partial charge < -0.3 is 25.2 Å². The highest BCUT2D eigenvalue weighted by atomic mass is 32.1. The van der Waals surface area contributed by atoms with Gasteiger partial charge in [0.2, 0.25) is 0 Å². The second-order valence-corrected chi connectivity index (χ2v) is 7.01. The highest BCUT2D eigenvalue weighted by Gasteiger charge is 2.12. The van der Waals surface area contributed by atoms with Crippen molar-refractivity contribution in [1.82, 2.24) is 15.6 Å². The Bertz CT molecular complexity index is 726. The number of ether oxygens (including phenoxy) is 2. The van der Waals surface area contributed by atoms with Gasteiger partial charge in [0.05, 0.1) is 26.9 Å². The molecule has 0 fully saturated rings. The van der Waals surface area contributed by atoms with Crippen molar-refractivity contribution in [2.75, 3.05) is 27.3 Å². The van der Waals surface area contributed by atoms with Crippen molar-refractivity contribution in [3.8, 4) is 11.5 Å². The molecule has 1 unspecified atom stereocenters. The minimum atomic E-state index is -0.732. The van der Waals surface area contributed by atoms with E-state index in [2.05, 4.69) is 27.5 Å². The molecule has 1 atom stereocenters. The monoisotopic (exact) mass is 392 g/mol. The van der Waals surface area contributed by atoms with Crippen molar-refractivity contribution in [3.63, 3.8) is 0 Å². The Hall–Kier alpha value is -2.32. The van der Waals surface area contributed by atoms with Crippen molar-refractivity contribution in [2.24, 2.45) is 4.99 Å². The molecular weight excluding hydrogens is 364 g/mol. The summed E-state index contributed by atoms with van der Waals surface area (Å²) < 4.78 is 10.5. The molecule has 3 N–H and O–H groups in total. The number of hydrogen-bond donors (Lipinski definition) is 3. The van der Waals surface area contributed by atoms with E-state index in [0.717, 1.165) is 18.0 Å². The van der Waals surface area contributed by atoms with Crippen LogP contribution in [0.2, 0.25) is 0 Å². The fourth-order valence-corrected chi connectivity index (χ4v) is 3.19. The second kappa shape index (κ2) is 10.7. The van der Waals surface area contributed by atoms with Crippen LogP contribution in [-0.2, 0) is 13.0 Å². The number of thiazole rings is 1. The number of methoxy groups -OCH3 is 2. The molecular formula is C19H28N4O3S. The molecule has 0 bridgehead atoms. The molecule has 0 aliphatic carbocycles. The summed E-state index contributed by atoms with van der Waals surface area (Å²) >= 11 is 1.67. The zero-order valence-corrected chi connectivity index (χ0v) is 17.1. The number of benzene rings is 1. The lowest BCUT2D eigenvalue weighted by Gasteiger charge is -2.17. The highest BCUT2D eigenvalue weighted by molar-refractivity contribution is 7.11.